The van der Waals surface area contributed by atoms with Gasteiger partial charge >= 0.3 is 0 Å². The number of rotatable bonds is 8. The van der Waals surface area contributed by atoms with Crippen LogP contribution in [0.4, 0.5) is 0 Å². The SMILES string of the molecule is CCCCC(CC)NCCC1CCCO1. The van der Waals surface area contributed by atoms with E-state index in [1.807, 2.05) is 0 Å². The van der Waals surface area contributed by atoms with Gasteiger partial charge in [0.2, 0.25) is 0 Å². The fraction of sp³-hybridized carbons (Fsp3) is 1.00. The molecule has 1 rings (SSSR count). The first-order chi connectivity index (χ1) is 7.36. The number of hydrogen-bond acceptors (Lipinski definition) is 2. The van der Waals surface area contributed by atoms with Crippen LogP contribution in [0, 0.1) is 0 Å². The van der Waals surface area contributed by atoms with E-state index in [1.54, 1.807) is 0 Å². The molecule has 0 radical (unpaired) electrons. The van der Waals surface area contributed by atoms with E-state index in [-0.39, 0.29) is 0 Å². The van der Waals surface area contributed by atoms with Crippen molar-refractivity contribution in [1.29, 1.82) is 0 Å². The van der Waals surface area contributed by atoms with Gasteiger partial charge in [0, 0.05) is 12.6 Å². The molecule has 1 heterocycles. The molecule has 1 aliphatic rings. The Hall–Kier alpha value is -0.0800. The number of ether oxygens (including phenoxy) is 1. The molecule has 2 atom stereocenters. The Labute approximate surface area is 94.8 Å². The molecule has 2 heteroatoms. The molecule has 0 amide bonds. The number of nitrogens with one attached hydrogen (secondary N) is 1. The highest BCUT2D eigenvalue weighted by Crippen LogP contribution is 2.14. The fourth-order valence-corrected chi connectivity index (χ4v) is 2.22. The van der Waals surface area contributed by atoms with Crippen LogP contribution in [0.1, 0.15) is 58.8 Å². The van der Waals surface area contributed by atoms with Crippen molar-refractivity contribution in [3.8, 4) is 0 Å². The summed E-state index contributed by atoms with van der Waals surface area (Å²) in [4.78, 5) is 0. The maximum Gasteiger partial charge on any atom is 0.0588 e. The van der Waals surface area contributed by atoms with Crippen molar-refractivity contribution in [2.24, 2.45) is 0 Å². The lowest BCUT2D eigenvalue weighted by molar-refractivity contribution is 0.103. The van der Waals surface area contributed by atoms with E-state index in [0.29, 0.717) is 6.10 Å². The second kappa shape index (κ2) is 8.12. The van der Waals surface area contributed by atoms with Crippen LogP contribution in [0.25, 0.3) is 0 Å². The van der Waals surface area contributed by atoms with E-state index in [1.165, 1.54) is 44.9 Å². The second-order valence-corrected chi connectivity index (χ2v) is 4.63. The summed E-state index contributed by atoms with van der Waals surface area (Å²) in [6.45, 7) is 6.66. The molecule has 0 aromatic rings. The molecule has 15 heavy (non-hydrogen) atoms. The van der Waals surface area contributed by atoms with Crippen molar-refractivity contribution in [2.45, 2.75) is 70.9 Å². The molecular weight excluding hydrogens is 186 g/mol. The predicted octanol–water partition coefficient (Wildman–Crippen LogP) is 3.11. The van der Waals surface area contributed by atoms with E-state index in [2.05, 4.69) is 19.2 Å². The zero-order valence-corrected chi connectivity index (χ0v) is 10.4. The Bertz CT molecular complexity index is 143. The quantitative estimate of drug-likeness (QED) is 0.669. The molecular formula is C13H27NO. The molecule has 1 aliphatic heterocycles. The van der Waals surface area contributed by atoms with Gasteiger partial charge < -0.3 is 10.1 Å². The first kappa shape index (κ1) is 13.0. The maximum atomic E-state index is 5.61. The van der Waals surface area contributed by atoms with Gasteiger partial charge in [-0.05, 0) is 38.6 Å². The van der Waals surface area contributed by atoms with Crippen LogP contribution in [-0.4, -0.2) is 25.3 Å². The zero-order valence-electron chi connectivity index (χ0n) is 10.4. The molecule has 0 bridgehead atoms. The summed E-state index contributed by atoms with van der Waals surface area (Å²) < 4.78 is 5.61. The molecule has 90 valence electrons. The third-order valence-corrected chi connectivity index (χ3v) is 3.32. The summed E-state index contributed by atoms with van der Waals surface area (Å²) in [6, 6.07) is 0.728. The van der Waals surface area contributed by atoms with E-state index in [9.17, 15) is 0 Å². The standard InChI is InChI=1S/C13H27NO/c1-3-5-7-12(4-2)14-10-9-13-8-6-11-15-13/h12-14H,3-11H2,1-2H3. The van der Waals surface area contributed by atoms with Gasteiger partial charge in [0.05, 0.1) is 6.10 Å². The van der Waals surface area contributed by atoms with Crippen molar-refractivity contribution < 1.29 is 4.74 Å². The summed E-state index contributed by atoms with van der Waals surface area (Å²) in [7, 11) is 0. The van der Waals surface area contributed by atoms with E-state index < -0.39 is 0 Å². The molecule has 2 nitrogen and oxygen atoms in total. The van der Waals surface area contributed by atoms with Gasteiger partial charge in [0.15, 0.2) is 0 Å². The van der Waals surface area contributed by atoms with Crippen LogP contribution < -0.4 is 5.32 Å². The maximum absolute atomic E-state index is 5.61. The average molecular weight is 213 g/mol. The van der Waals surface area contributed by atoms with Gasteiger partial charge in [-0.2, -0.15) is 0 Å². The highest BCUT2D eigenvalue weighted by atomic mass is 16.5. The topological polar surface area (TPSA) is 21.3 Å². The third kappa shape index (κ3) is 5.53. The largest absolute Gasteiger partial charge is 0.378 e. The van der Waals surface area contributed by atoms with Crippen molar-refractivity contribution in [3.63, 3.8) is 0 Å². The van der Waals surface area contributed by atoms with Gasteiger partial charge in [-0.3, -0.25) is 0 Å². The predicted molar refractivity (Wildman–Crippen MR) is 65.2 cm³/mol. The van der Waals surface area contributed by atoms with Crippen LogP contribution >= 0.6 is 0 Å². The molecule has 1 saturated heterocycles. The molecule has 0 aromatic heterocycles. The van der Waals surface area contributed by atoms with Crippen molar-refractivity contribution >= 4 is 0 Å². The Morgan fingerprint density at radius 2 is 2.27 bits per heavy atom. The minimum absolute atomic E-state index is 0.543. The lowest BCUT2D eigenvalue weighted by Crippen LogP contribution is -2.31. The third-order valence-electron chi connectivity index (χ3n) is 3.32. The van der Waals surface area contributed by atoms with Crippen LogP contribution in [-0.2, 0) is 4.74 Å². The van der Waals surface area contributed by atoms with E-state index in [4.69, 9.17) is 4.74 Å². The Morgan fingerprint density at radius 1 is 1.40 bits per heavy atom. The van der Waals surface area contributed by atoms with Crippen LogP contribution in [0.3, 0.4) is 0 Å². The molecule has 1 N–H and O–H groups in total. The fourth-order valence-electron chi connectivity index (χ4n) is 2.22. The Balaban J connectivity index is 2.00. The first-order valence-corrected chi connectivity index (χ1v) is 6.71. The summed E-state index contributed by atoms with van der Waals surface area (Å²) in [5.41, 5.74) is 0. The molecule has 1 fully saturated rings. The Morgan fingerprint density at radius 3 is 2.87 bits per heavy atom. The monoisotopic (exact) mass is 213 g/mol. The van der Waals surface area contributed by atoms with Crippen LogP contribution in [0.5, 0.6) is 0 Å². The smallest absolute Gasteiger partial charge is 0.0588 e. The minimum atomic E-state index is 0.543. The number of hydrogen-bond donors (Lipinski definition) is 1. The van der Waals surface area contributed by atoms with Gasteiger partial charge in [-0.15, -0.1) is 0 Å². The average Bonchev–Trinajstić information content (AvgIpc) is 2.76. The van der Waals surface area contributed by atoms with Crippen LogP contribution in [0.15, 0.2) is 0 Å². The zero-order chi connectivity index (χ0) is 10.9. The van der Waals surface area contributed by atoms with Gasteiger partial charge in [0.25, 0.3) is 0 Å². The van der Waals surface area contributed by atoms with Gasteiger partial charge in [-0.1, -0.05) is 26.7 Å². The van der Waals surface area contributed by atoms with E-state index >= 15 is 0 Å². The first-order valence-electron chi connectivity index (χ1n) is 6.71. The summed E-state index contributed by atoms with van der Waals surface area (Å²) in [5.74, 6) is 0. The van der Waals surface area contributed by atoms with Gasteiger partial charge in [0.1, 0.15) is 0 Å². The highest BCUT2D eigenvalue weighted by Gasteiger charge is 2.15. The van der Waals surface area contributed by atoms with E-state index in [0.717, 1.165) is 19.2 Å². The minimum Gasteiger partial charge on any atom is -0.378 e. The summed E-state index contributed by atoms with van der Waals surface area (Å²) in [6.07, 6.45) is 9.52. The lowest BCUT2D eigenvalue weighted by Gasteiger charge is -2.17. The highest BCUT2D eigenvalue weighted by molar-refractivity contribution is 4.69. The second-order valence-electron chi connectivity index (χ2n) is 4.63. The summed E-state index contributed by atoms with van der Waals surface area (Å²) in [5, 5.41) is 3.65. The normalized spacial score (nSPS) is 23.2. The molecule has 0 saturated carbocycles. The Kier molecular flexibility index (Phi) is 7.03. The molecule has 2 unspecified atom stereocenters. The van der Waals surface area contributed by atoms with Crippen LogP contribution in [0.2, 0.25) is 0 Å². The van der Waals surface area contributed by atoms with Crippen molar-refractivity contribution in [3.05, 3.63) is 0 Å². The summed E-state index contributed by atoms with van der Waals surface area (Å²) >= 11 is 0. The molecule has 0 aromatic carbocycles. The molecule has 0 aliphatic carbocycles. The van der Waals surface area contributed by atoms with Crippen molar-refractivity contribution in [2.75, 3.05) is 13.2 Å². The van der Waals surface area contributed by atoms with Gasteiger partial charge in [-0.25, -0.2) is 0 Å². The van der Waals surface area contributed by atoms with Crippen molar-refractivity contribution in [1.82, 2.24) is 5.32 Å². The molecule has 0 spiro atoms. The number of unbranched alkanes of at least 4 members (excludes halogenated alkanes) is 1. The lowest BCUT2D eigenvalue weighted by atomic mass is 10.1.